The maximum atomic E-state index is 12.7. The first-order chi connectivity index (χ1) is 14.2. The van der Waals surface area contributed by atoms with Gasteiger partial charge in [0, 0.05) is 50.7 Å². The van der Waals surface area contributed by atoms with Crippen molar-refractivity contribution < 1.29 is 9.53 Å². The predicted molar refractivity (Wildman–Crippen MR) is 119 cm³/mol. The number of hydrogen-bond donors (Lipinski definition) is 1. The number of para-hydroxylation sites is 2. The number of carbonyl (C=O) groups excluding carboxylic acids is 1. The highest BCUT2D eigenvalue weighted by Gasteiger charge is 2.21. The van der Waals surface area contributed by atoms with Crippen LogP contribution in [0.25, 0.3) is 0 Å². The van der Waals surface area contributed by atoms with Crippen molar-refractivity contribution in [1.82, 2.24) is 9.80 Å². The van der Waals surface area contributed by atoms with E-state index in [1.165, 1.54) is 4.88 Å². The van der Waals surface area contributed by atoms with Crippen LogP contribution in [0.15, 0.2) is 36.4 Å². The SMILES string of the molecule is O=C(CN1CCN(Cc2ccc(Cl)s2)CC1)Nc1ccccc1N1CCOCC1. The van der Waals surface area contributed by atoms with E-state index in [1.54, 1.807) is 11.3 Å². The third-order valence-corrected chi connectivity index (χ3v) is 6.59. The van der Waals surface area contributed by atoms with Crippen molar-refractivity contribution in [3.63, 3.8) is 0 Å². The summed E-state index contributed by atoms with van der Waals surface area (Å²) in [7, 11) is 0. The summed E-state index contributed by atoms with van der Waals surface area (Å²) in [5.41, 5.74) is 1.95. The van der Waals surface area contributed by atoms with Crippen molar-refractivity contribution in [2.24, 2.45) is 0 Å². The minimum atomic E-state index is 0.0456. The lowest BCUT2D eigenvalue weighted by molar-refractivity contribution is -0.117. The number of halogens is 1. The Labute approximate surface area is 181 Å². The van der Waals surface area contributed by atoms with E-state index >= 15 is 0 Å². The van der Waals surface area contributed by atoms with Gasteiger partial charge in [-0.1, -0.05) is 23.7 Å². The molecule has 8 heteroatoms. The number of hydrogen-bond acceptors (Lipinski definition) is 6. The molecule has 3 heterocycles. The van der Waals surface area contributed by atoms with E-state index in [0.29, 0.717) is 6.54 Å². The molecule has 29 heavy (non-hydrogen) atoms. The predicted octanol–water partition coefficient (Wildman–Crippen LogP) is 2.99. The lowest BCUT2D eigenvalue weighted by Gasteiger charge is -2.34. The maximum Gasteiger partial charge on any atom is 0.238 e. The molecule has 0 spiro atoms. The number of rotatable bonds is 6. The van der Waals surface area contributed by atoms with Gasteiger partial charge in [-0.3, -0.25) is 14.6 Å². The van der Waals surface area contributed by atoms with Gasteiger partial charge in [-0.05, 0) is 24.3 Å². The Morgan fingerprint density at radius 3 is 2.45 bits per heavy atom. The van der Waals surface area contributed by atoms with E-state index in [9.17, 15) is 4.79 Å². The second kappa shape index (κ2) is 9.91. The molecule has 0 radical (unpaired) electrons. The number of nitrogens with one attached hydrogen (secondary N) is 1. The average molecular weight is 435 g/mol. The van der Waals surface area contributed by atoms with Gasteiger partial charge in [0.2, 0.25) is 5.91 Å². The second-order valence-corrected chi connectivity index (χ2v) is 9.22. The molecule has 1 amide bonds. The highest BCUT2D eigenvalue weighted by molar-refractivity contribution is 7.16. The molecule has 0 unspecified atom stereocenters. The van der Waals surface area contributed by atoms with Gasteiger partial charge < -0.3 is 15.0 Å². The molecule has 0 saturated carbocycles. The summed E-state index contributed by atoms with van der Waals surface area (Å²) >= 11 is 7.67. The van der Waals surface area contributed by atoms with Crippen LogP contribution in [0.4, 0.5) is 11.4 Å². The molecule has 0 atom stereocenters. The molecular weight excluding hydrogens is 408 g/mol. The summed E-state index contributed by atoms with van der Waals surface area (Å²) < 4.78 is 6.28. The van der Waals surface area contributed by atoms with Crippen LogP contribution >= 0.6 is 22.9 Å². The van der Waals surface area contributed by atoms with Gasteiger partial charge in [0.25, 0.3) is 0 Å². The monoisotopic (exact) mass is 434 g/mol. The smallest absolute Gasteiger partial charge is 0.238 e. The number of anilines is 2. The Bertz CT molecular complexity index is 817. The number of ether oxygens (including phenoxy) is 1. The molecular formula is C21H27ClN4O2S. The van der Waals surface area contributed by atoms with Crippen LogP contribution in [0, 0.1) is 0 Å². The third kappa shape index (κ3) is 5.71. The van der Waals surface area contributed by atoms with Crippen molar-refractivity contribution in [2.45, 2.75) is 6.54 Å². The van der Waals surface area contributed by atoms with E-state index in [1.807, 2.05) is 24.3 Å². The minimum Gasteiger partial charge on any atom is -0.378 e. The normalized spacial score (nSPS) is 18.7. The summed E-state index contributed by atoms with van der Waals surface area (Å²) in [6, 6.07) is 12.1. The highest BCUT2D eigenvalue weighted by Crippen LogP contribution is 2.26. The van der Waals surface area contributed by atoms with E-state index in [0.717, 1.165) is 74.7 Å². The van der Waals surface area contributed by atoms with Crippen LogP contribution in [0.3, 0.4) is 0 Å². The molecule has 1 aromatic heterocycles. The van der Waals surface area contributed by atoms with E-state index in [4.69, 9.17) is 16.3 Å². The summed E-state index contributed by atoms with van der Waals surface area (Å²) in [6.45, 7) is 8.25. The van der Waals surface area contributed by atoms with Crippen molar-refractivity contribution in [3.05, 3.63) is 45.6 Å². The molecule has 1 N–H and O–H groups in total. The number of morpholine rings is 1. The quantitative estimate of drug-likeness (QED) is 0.757. The Hall–Kier alpha value is -1.64. The second-order valence-electron chi connectivity index (χ2n) is 7.42. The zero-order valence-electron chi connectivity index (χ0n) is 16.5. The van der Waals surface area contributed by atoms with Crippen LogP contribution in [-0.2, 0) is 16.1 Å². The third-order valence-electron chi connectivity index (χ3n) is 5.37. The first-order valence-electron chi connectivity index (χ1n) is 10.1. The van der Waals surface area contributed by atoms with Crippen LogP contribution in [-0.4, -0.2) is 74.7 Å². The molecule has 2 aliphatic heterocycles. The number of thiophene rings is 1. The summed E-state index contributed by atoms with van der Waals surface area (Å²) in [4.78, 5) is 20.9. The van der Waals surface area contributed by atoms with E-state index < -0.39 is 0 Å². The lowest BCUT2D eigenvalue weighted by Crippen LogP contribution is -2.48. The zero-order valence-corrected chi connectivity index (χ0v) is 18.1. The van der Waals surface area contributed by atoms with Gasteiger partial charge in [0.15, 0.2) is 0 Å². The van der Waals surface area contributed by atoms with Crippen molar-refractivity contribution >= 4 is 40.2 Å². The van der Waals surface area contributed by atoms with Crippen LogP contribution in [0.2, 0.25) is 4.34 Å². The highest BCUT2D eigenvalue weighted by atomic mass is 35.5. The van der Waals surface area contributed by atoms with Crippen LogP contribution in [0.1, 0.15) is 4.88 Å². The fourth-order valence-electron chi connectivity index (χ4n) is 3.81. The van der Waals surface area contributed by atoms with Crippen molar-refractivity contribution in [3.8, 4) is 0 Å². The standard InChI is InChI=1S/C21H27ClN4O2S/c22-20-6-5-17(29-20)15-24-7-9-25(10-8-24)16-21(27)23-18-3-1-2-4-19(18)26-11-13-28-14-12-26/h1-6H,7-16H2,(H,23,27). The number of amides is 1. The molecule has 2 fully saturated rings. The molecule has 1 aromatic carbocycles. The lowest BCUT2D eigenvalue weighted by atomic mass is 10.2. The number of piperazine rings is 1. The molecule has 2 aliphatic rings. The summed E-state index contributed by atoms with van der Waals surface area (Å²) in [5, 5.41) is 3.12. The van der Waals surface area contributed by atoms with E-state index in [-0.39, 0.29) is 5.91 Å². The van der Waals surface area contributed by atoms with Gasteiger partial charge in [0.05, 0.1) is 35.5 Å². The maximum absolute atomic E-state index is 12.7. The van der Waals surface area contributed by atoms with Gasteiger partial charge >= 0.3 is 0 Å². The Balaban J connectivity index is 1.26. The van der Waals surface area contributed by atoms with Gasteiger partial charge in [-0.15, -0.1) is 11.3 Å². The summed E-state index contributed by atoms with van der Waals surface area (Å²) in [6.07, 6.45) is 0. The molecule has 6 nitrogen and oxygen atoms in total. The average Bonchev–Trinajstić information content (AvgIpc) is 3.15. The number of carbonyl (C=O) groups is 1. The Morgan fingerprint density at radius 2 is 1.72 bits per heavy atom. The Morgan fingerprint density at radius 1 is 1.00 bits per heavy atom. The topological polar surface area (TPSA) is 48.1 Å². The molecule has 2 aromatic rings. The minimum absolute atomic E-state index is 0.0456. The largest absolute Gasteiger partial charge is 0.378 e. The first-order valence-corrected chi connectivity index (χ1v) is 11.3. The number of nitrogens with zero attached hydrogens (tertiary/aromatic N) is 3. The van der Waals surface area contributed by atoms with Crippen molar-refractivity contribution in [2.75, 3.05) is 69.2 Å². The van der Waals surface area contributed by atoms with E-state index in [2.05, 4.69) is 32.1 Å². The van der Waals surface area contributed by atoms with Crippen molar-refractivity contribution in [1.29, 1.82) is 0 Å². The van der Waals surface area contributed by atoms with Gasteiger partial charge in [-0.25, -0.2) is 0 Å². The Kier molecular flexibility index (Phi) is 7.05. The molecule has 0 bridgehead atoms. The van der Waals surface area contributed by atoms with Gasteiger partial charge in [0.1, 0.15) is 0 Å². The first kappa shape index (κ1) is 20.6. The fraction of sp³-hybridized carbons (Fsp3) is 0.476. The molecule has 156 valence electrons. The molecule has 0 aliphatic carbocycles. The van der Waals surface area contributed by atoms with Gasteiger partial charge in [-0.2, -0.15) is 0 Å². The molecule has 4 rings (SSSR count). The zero-order chi connectivity index (χ0) is 20.1. The molecule has 2 saturated heterocycles. The summed E-state index contributed by atoms with van der Waals surface area (Å²) in [5.74, 6) is 0.0456. The van der Waals surface area contributed by atoms with Crippen LogP contribution in [0.5, 0.6) is 0 Å². The number of benzene rings is 1. The fourth-order valence-corrected chi connectivity index (χ4v) is 4.94. The van der Waals surface area contributed by atoms with Crippen LogP contribution < -0.4 is 10.2 Å².